The number of aryl methyl sites for hydroxylation is 1. The lowest BCUT2D eigenvalue weighted by Crippen LogP contribution is -2.60. The molecule has 35 heavy (non-hydrogen) atoms. The number of nitrogens with one attached hydrogen (secondary N) is 1. The van der Waals surface area contributed by atoms with Crippen LogP contribution in [0, 0.1) is 12.7 Å². The highest BCUT2D eigenvalue weighted by atomic mass is 19.1. The van der Waals surface area contributed by atoms with Crippen LogP contribution in [-0.4, -0.2) is 47.2 Å². The summed E-state index contributed by atoms with van der Waals surface area (Å²) in [4.78, 5) is 17.7. The molecule has 3 aromatic rings. The first-order valence-corrected chi connectivity index (χ1v) is 11.9. The van der Waals surface area contributed by atoms with Crippen LogP contribution in [0.15, 0.2) is 42.7 Å². The van der Waals surface area contributed by atoms with Crippen LogP contribution in [0.4, 0.5) is 27.5 Å². The molecule has 1 saturated heterocycles. The highest BCUT2D eigenvalue weighted by Gasteiger charge is 2.35. The van der Waals surface area contributed by atoms with Gasteiger partial charge in [0.2, 0.25) is 11.8 Å². The van der Waals surface area contributed by atoms with E-state index in [4.69, 9.17) is 4.74 Å². The Morgan fingerprint density at radius 3 is 2.46 bits per heavy atom. The largest absolute Gasteiger partial charge is 0.481 e. The Morgan fingerprint density at radius 2 is 1.83 bits per heavy atom. The van der Waals surface area contributed by atoms with E-state index in [0.717, 1.165) is 23.5 Å². The molecule has 4 rings (SSSR count). The first kappa shape index (κ1) is 24.7. The average molecular weight is 479 g/mol. The zero-order valence-electron chi connectivity index (χ0n) is 21.7. The lowest BCUT2D eigenvalue weighted by Gasteiger charge is -2.48. The first-order valence-electron chi connectivity index (χ1n) is 11.9. The van der Waals surface area contributed by atoms with Crippen LogP contribution in [0.3, 0.4) is 0 Å². The van der Waals surface area contributed by atoms with E-state index < -0.39 is 5.82 Å². The van der Waals surface area contributed by atoms with E-state index in [1.54, 1.807) is 7.11 Å². The van der Waals surface area contributed by atoms with E-state index >= 15 is 0 Å². The summed E-state index contributed by atoms with van der Waals surface area (Å²) in [5.74, 6) is 0.813. The summed E-state index contributed by atoms with van der Waals surface area (Å²) in [5, 5.41) is 3.22. The molecule has 1 aliphatic rings. The molecule has 0 bridgehead atoms. The van der Waals surface area contributed by atoms with Crippen molar-refractivity contribution in [2.24, 2.45) is 0 Å². The molecular formula is C27H35FN6O. The maximum atomic E-state index is 14.8. The molecule has 1 fully saturated rings. The number of rotatable bonds is 5. The second kappa shape index (κ2) is 9.32. The van der Waals surface area contributed by atoms with E-state index in [2.05, 4.69) is 82.9 Å². The minimum absolute atomic E-state index is 0.00975. The molecule has 7 nitrogen and oxygen atoms in total. The molecule has 186 valence electrons. The molecule has 0 spiro atoms. The van der Waals surface area contributed by atoms with Crippen molar-refractivity contribution >= 4 is 23.1 Å². The van der Waals surface area contributed by atoms with Crippen molar-refractivity contribution in [2.75, 3.05) is 41.9 Å². The number of nitrogens with zero attached hydrogens (tertiary/aromatic N) is 5. The fraction of sp³-hybridized carbons (Fsp3) is 0.444. The van der Waals surface area contributed by atoms with Gasteiger partial charge < -0.3 is 19.9 Å². The molecule has 0 saturated carbocycles. The van der Waals surface area contributed by atoms with Gasteiger partial charge >= 0.3 is 0 Å². The number of pyridine rings is 1. The zero-order valence-corrected chi connectivity index (χ0v) is 21.7. The number of methoxy groups -OCH3 is 1. The highest BCUT2D eigenvalue weighted by molar-refractivity contribution is 5.63. The number of ether oxygens (including phenoxy) is 1. The number of halogens is 1. The van der Waals surface area contributed by atoms with Crippen molar-refractivity contribution in [1.82, 2.24) is 15.0 Å². The third kappa shape index (κ3) is 5.31. The fourth-order valence-electron chi connectivity index (χ4n) is 4.41. The van der Waals surface area contributed by atoms with E-state index in [1.807, 2.05) is 25.3 Å². The number of hydrogen-bond donors (Lipinski definition) is 1. The first-order chi connectivity index (χ1) is 16.5. The summed E-state index contributed by atoms with van der Waals surface area (Å²) < 4.78 is 19.9. The van der Waals surface area contributed by atoms with Gasteiger partial charge in [-0.2, -0.15) is 4.98 Å². The van der Waals surface area contributed by atoms with Gasteiger partial charge in [0.1, 0.15) is 0 Å². The second-order valence-electron chi connectivity index (χ2n) is 10.7. The maximum Gasteiger partial charge on any atom is 0.227 e. The molecular weight excluding hydrogens is 443 g/mol. The Kier molecular flexibility index (Phi) is 6.58. The fourth-order valence-corrected chi connectivity index (χ4v) is 4.41. The minimum atomic E-state index is -0.475. The average Bonchev–Trinajstić information content (AvgIpc) is 2.80. The van der Waals surface area contributed by atoms with Gasteiger partial charge in [-0.3, -0.25) is 0 Å². The van der Waals surface area contributed by atoms with Gasteiger partial charge in [-0.25, -0.2) is 14.4 Å². The van der Waals surface area contributed by atoms with Gasteiger partial charge in [0.15, 0.2) is 11.6 Å². The zero-order chi connectivity index (χ0) is 25.4. The van der Waals surface area contributed by atoms with Crippen molar-refractivity contribution in [3.63, 3.8) is 0 Å². The van der Waals surface area contributed by atoms with Crippen LogP contribution in [0.1, 0.15) is 45.7 Å². The third-order valence-corrected chi connectivity index (χ3v) is 6.51. The highest BCUT2D eigenvalue weighted by Crippen LogP contribution is 2.32. The van der Waals surface area contributed by atoms with Gasteiger partial charge in [0, 0.05) is 31.4 Å². The van der Waals surface area contributed by atoms with E-state index in [-0.39, 0.29) is 16.8 Å². The van der Waals surface area contributed by atoms with Crippen molar-refractivity contribution in [2.45, 2.75) is 52.5 Å². The van der Waals surface area contributed by atoms with Gasteiger partial charge in [0.05, 0.1) is 30.7 Å². The Balaban J connectivity index is 1.55. The Bertz CT molecular complexity index is 1190. The number of aromatic nitrogens is 3. The van der Waals surface area contributed by atoms with Crippen LogP contribution >= 0.6 is 0 Å². The molecule has 1 aliphatic heterocycles. The van der Waals surface area contributed by atoms with Gasteiger partial charge in [0.25, 0.3) is 0 Å². The van der Waals surface area contributed by atoms with Gasteiger partial charge in [-0.15, -0.1) is 0 Å². The van der Waals surface area contributed by atoms with Crippen molar-refractivity contribution in [3.05, 3.63) is 59.7 Å². The van der Waals surface area contributed by atoms with E-state index in [1.165, 1.54) is 11.8 Å². The van der Waals surface area contributed by atoms with E-state index in [9.17, 15) is 4.39 Å². The van der Waals surface area contributed by atoms with Gasteiger partial charge in [-0.05, 0) is 49.4 Å². The summed E-state index contributed by atoms with van der Waals surface area (Å²) in [6.07, 6.45) is 3.08. The monoisotopic (exact) mass is 478 g/mol. The second-order valence-corrected chi connectivity index (χ2v) is 10.7. The van der Waals surface area contributed by atoms with Crippen molar-refractivity contribution in [1.29, 1.82) is 0 Å². The topological polar surface area (TPSA) is 66.4 Å². The summed E-state index contributed by atoms with van der Waals surface area (Å²) in [6, 6.07) is 10.1. The summed E-state index contributed by atoms with van der Waals surface area (Å²) >= 11 is 0. The van der Waals surface area contributed by atoms with Crippen molar-refractivity contribution in [3.8, 4) is 5.88 Å². The molecule has 0 radical (unpaired) electrons. The summed E-state index contributed by atoms with van der Waals surface area (Å²) in [5.41, 5.74) is 3.86. The van der Waals surface area contributed by atoms with Crippen LogP contribution < -0.4 is 19.9 Å². The molecule has 2 aromatic heterocycles. The molecule has 0 aliphatic carbocycles. The van der Waals surface area contributed by atoms with Crippen molar-refractivity contribution < 1.29 is 9.13 Å². The smallest absolute Gasteiger partial charge is 0.227 e. The predicted molar refractivity (Wildman–Crippen MR) is 140 cm³/mol. The Labute approximate surface area is 207 Å². The number of piperazine rings is 1. The quantitative estimate of drug-likeness (QED) is 0.521. The van der Waals surface area contributed by atoms with E-state index in [0.29, 0.717) is 24.9 Å². The normalized spacial score (nSPS) is 15.8. The summed E-state index contributed by atoms with van der Waals surface area (Å²) in [6.45, 7) is 15.0. The van der Waals surface area contributed by atoms with Crippen LogP contribution in [0.2, 0.25) is 0 Å². The molecule has 0 atom stereocenters. The lowest BCUT2D eigenvalue weighted by atomic mass is 9.86. The Hall–Kier alpha value is -3.42. The lowest BCUT2D eigenvalue weighted by molar-refractivity contribution is 0.395. The molecule has 1 aromatic carbocycles. The van der Waals surface area contributed by atoms with Crippen LogP contribution in [-0.2, 0) is 5.41 Å². The van der Waals surface area contributed by atoms with Crippen LogP contribution in [0.5, 0.6) is 5.88 Å². The summed E-state index contributed by atoms with van der Waals surface area (Å²) in [7, 11) is 1.61. The number of anilines is 4. The van der Waals surface area contributed by atoms with Gasteiger partial charge in [-0.1, -0.05) is 32.9 Å². The number of benzene rings is 1. The third-order valence-electron chi connectivity index (χ3n) is 6.51. The minimum Gasteiger partial charge on any atom is -0.481 e. The standard InChI is InChI=1S/C27H35FN6O/c1-18-8-9-19(26(2,3)4)14-22(18)31-24-21(28)16-30-25(32-24)33-12-13-34(27(5,6)17-33)20-10-11-23(35-7)29-15-20/h8-11,14-16H,12-13,17H2,1-7H3,(H,30,31,32). The maximum absolute atomic E-state index is 14.8. The molecule has 3 heterocycles. The number of hydrogen-bond acceptors (Lipinski definition) is 7. The van der Waals surface area contributed by atoms with Crippen LogP contribution in [0.25, 0.3) is 0 Å². The molecule has 1 N–H and O–H groups in total. The molecule has 0 unspecified atom stereocenters. The Morgan fingerprint density at radius 1 is 1.06 bits per heavy atom. The SMILES string of the molecule is COc1ccc(N2CCN(c3ncc(F)c(Nc4cc(C(C)(C)C)ccc4C)n3)CC2(C)C)cn1. The molecule has 8 heteroatoms. The predicted octanol–water partition coefficient (Wildman–Crippen LogP) is 5.47. The molecule has 0 amide bonds.